The molecule has 0 aliphatic carbocycles. The number of hydrogen-bond acceptors (Lipinski definition) is 5. The number of rotatable bonds is 2. The summed E-state index contributed by atoms with van der Waals surface area (Å²) in [4.78, 5) is 10.5. The van der Waals surface area contributed by atoms with Gasteiger partial charge in [-0.2, -0.15) is 10.2 Å². The van der Waals surface area contributed by atoms with Gasteiger partial charge in [0.2, 0.25) is 17.5 Å². The van der Waals surface area contributed by atoms with Crippen LogP contribution < -0.4 is 4.90 Å². The first kappa shape index (κ1) is 13.6. The SMILES string of the molecule is C[C@@H]1C[C@H](C)CN(c2oc(-c3cccnc3)nc2C#N)C1. The molecule has 1 fully saturated rings. The first-order chi connectivity index (χ1) is 10.2. The maximum Gasteiger partial charge on any atom is 0.235 e. The van der Waals surface area contributed by atoms with Gasteiger partial charge in [-0.25, -0.2) is 0 Å². The summed E-state index contributed by atoms with van der Waals surface area (Å²) in [5.41, 5.74) is 1.15. The van der Waals surface area contributed by atoms with Crippen LogP contribution in [0, 0.1) is 23.2 Å². The second-order valence-corrected chi connectivity index (χ2v) is 5.88. The van der Waals surface area contributed by atoms with Crippen molar-refractivity contribution < 1.29 is 4.42 Å². The molecule has 1 aliphatic rings. The van der Waals surface area contributed by atoms with E-state index in [9.17, 15) is 5.26 Å². The van der Waals surface area contributed by atoms with Gasteiger partial charge in [0.25, 0.3) is 0 Å². The van der Waals surface area contributed by atoms with E-state index in [1.807, 2.05) is 12.1 Å². The molecule has 0 amide bonds. The molecule has 2 aromatic heterocycles. The molecule has 3 rings (SSSR count). The summed E-state index contributed by atoms with van der Waals surface area (Å²) in [5.74, 6) is 2.23. The second kappa shape index (κ2) is 5.57. The fraction of sp³-hybridized carbons (Fsp3) is 0.438. The maximum atomic E-state index is 9.33. The van der Waals surface area contributed by atoms with Gasteiger partial charge in [-0.15, -0.1) is 0 Å². The summed E-state index contributed by atoms with van der Waals surface area (Å²) in [6.45, 7) is 6.27. The highest BCUT2D eigenvalue weighted by Gasteiger charge is 2.27. The molecule has 0 unspecified atom stereocenters. The van der Waals surface area contributed by atoms with Crippen LogP contribution in [-0.4, -0.2) is 23.1 Å². The van der Waals surface area contributed by atoms with Gasteiger partial charge >= 0.3 is 0 Å². The molecule has 5 heteroatoms. The number of anilines is 1. The van der Waals surface area contributed by atoms with Crippen LogP contribution in [0.2, 0.25) is 0 Å². The maximum absolute atomic E-state index is 9.33. The fourth-order valence-electron chi connectivity index (χ4n) is 3.04. The molecule has 108 valence electrons. The van der Waals surface area contributed by atoms with Crippen LogP contribution in [-0.2, 0) is 0 Å². The molecule has 2 atom stereocenters. The lowest BCUT2D eigenvalue weighted by molar-refractivity contribution is 0.344. The Hall–Kier alpha value is -2.35. The van der Waals surface area contributed by atoms with Crippen molar-refractivity contribution in [2.24, 2.45) is 11.8 Å². The van der Waals surface area contributed by atoms with E-state index in [-0.39, 0.29) is 0 Å². The van der Waals surface area contributed by atoms with Crippen LogP contribution >= 0.6 is 0 Å². The highest BCUT2D eigenvalue weighted by molar-refractivity contribution is 5.58. The minimum atomic E-state index is 0.357. The number of piperidine rings is 1. The molecule has 1 saturated heterocycles. The lowest BCUT2D eigenvalue weighted by Gasteiger charge is -2.34. The zero-order valence-electron chi connectivity index (χ0n) is 12.3. The smallest absolute Gasteiger partial charge is 0.235 e. The van der Waals surface area contributed by atoms with Crippen LogP contribution in [0.3, 0.4) is 0 Å². The van der Waals surface area contributed by atoms with Crippen LogP contribution in [0.1, 0.15) is 26.0 Å². The number of oxazole rings is 1. The van der Waals surface area contributed by atoms with E-state index in [2.05, 4.69) is 34.8 Å². The van der Waals surface area contributed by atoms with Crippen molar-refractivity contribution >= 4 is 5.88 Å². The van der Waals surface area contributed by atoms with Crippen molar-refractivity contribution in [2.75, 3.05) is 18.0 Å². The van der Waals surface area contributed by atoms with Crippen molar-refractivity contribution in [1.82, 2.24) is 9.97 Å². The van der Waals surface area contributed by atoms with Gasteiger partial charge in [0.15, 0.2) is 0 Å². The largest absolute Gasteiger partial charge is 0.419 e. The molecule has 1 aliphatic heterocycles. The number of hydrogen-bond donors (Lipinski definition) is 0. The van der Waals surface area contributed by atoms with E-state index < -0.39 is 0 Å². The average Bonchev–Trinajstić information content (AvgIpc) is 2.91. The second-order valence-electron chi connectivity index (χ2n) is 5.88. The van der Waals surface area contributed by atoms with Crippen LogP contribution in [0.4, 0.5) is 5.88 Å². The average molecular weight is 282 g/mol. The molecule has 0 bridgehead atoms. The summed E-state index contributed by atoms with van der Waals surface area (Å²) in [6.07, 6.45) is 4.60. The van der Waals surface area contributed by atoms with Gasteiger partial charge in [0.05, 0.1) is 5.56 Å². The zero-order chi connectivity index (χ0) is 14.8. The minimum absolute atomic E-state index is 0.357. The van der Waals surface area contributed by atoms with E-state index in [1.165, 1.54) is 6.42 Å². The highest BCUT2D eigenvalue weighted by atomic mass is 16.4. The molecular formula is C16H18N4O. The molecule has 5 nitrogen and oxygen atoms in total. The summed E-state index contributed by atoms with van der Waals surface area (Å²) in [6, 6.07) is 5.86. The van der Waals surface area contributed by atoms with E-state index >= 15 is 0 Å². The molecule has 0 spiro atoms. The molecule has 0 saturated carbocycles. The normalized spacial score (nSPS) is 22.0. The van der Waals surface area contributed by atoms with Crippen LogP contribution in [0.5, 0.6) is 0 Å². The van der Waals surface area contributed by atoms with Gasteiger partial charge in [-0.05, 0) is 30.4 Å². The van der Waals surface area contributed by atoms with Gasteiger partial charge in [0.1, 0.15) is 6.07 Å². The molecule has 21 heavy (non-hydrogen) atoms. The van der Waals surface area contributed by atoms with E-state index in [4.69, 9.17) is 4.42 Å². The Labute approximate surface area is 124 Å². The van der Waals surface area contributed by atoms with Crippen LogP contribution in [0.15, 0.2) is 28.9 Å². The van der Waals surface area contributed by atoms with Gasteiger partial charge in [0, 0.05) is 25.5 Å². The van der Waals surface area contributed by atoms with Crippen molar-refractivity contribution in [3.63, 3.8) is 0 Å². The van der Waals surface area contributed by atoms with Gasteiger partial charge in [-0.3, -0.25) is 4.98 Å². The zero-order valence-corrected chi connectivity index (χ0v) is 12.3. The van der Waals surface area contributed by atoms with Crippen molar-refractivity contribution in [3.8, 4) is 17.5 Å². The van der Waals surface area contributed by atoms with Crippen molar-refractivity contribution in [3.05, 3.63) is 30.2 Å². The fourth-order valence-corrected chi connectivity index (χ4v) is 3.04. The van der Waals surface area contributed by atoms with Crippen molar-refractivity contribution in [2.45, 2.75) is 20.3 Å². The Bertz CT molecular complexity index is 649. The Morgan fingerprint density at radius 2 is 2.10 bits per heavy atom. The number of aromatic nitrogens is 2. The molecule has 3 heterocycles. The first-order valence-electron chi connectivity index (χ1n) is 7.23. The Balaban J connectivity index is 1.96. The summed E-state index contributed by atoms with van der Waals surface area (Å²) < 4.78 is 5.88. The summed E-state index contributed by atoms with van der Waals surface area (Å²) in [7, 11) is 0. The summed E-state index contributed by atoms with van der Waals surface area (Å²) in [5, 5.41) is 9.33. The number of nitrogens with zero attached hydrogens (tertiary/aromatic N) is 4. The van der Waals surface area contributed by atoms with Gasteiger partial charge in [-0.1, -0.05) is 13.8 Å². The standard InChI is InChI=1S/C16H18N4O/c1-11-6-12(2)10-20(9-11)16-14(7-17)19-15(21-16)13-4-3-5-18-8-13/h3-5,8,11-12H,6,9-10H2,1-2H3/t11-,12+. The topological polar surface area (TPSA) is 66.0 Å². The first-order valence-corrected chi connectivity index (χ1v) is 7.23. The molecule has 2 aromatic rings. The number of pyridine rings is 1. The Morgan fingerprint density at radius 3 is 2.71 bits per heavy atom. The lowest BCUT2D eigenvalue weighted by atomic mass is 9.92. The molecular weight excluding hydrogens is 264 g/mol. The quantitative estimate of drug-likeness (QED) is 0.846. The number of nitriles is 1. The van der Waals surface area contributed by atoms with Gasteiger partial charge < -0.3 is 9.32 Å². The predicted molar refractivity (Wildman–Crippen MR) is 79.6 cm³/mol. The van der Waals surface area contributed by atoms with E-state index in [1.54, 1.807) is 12.4 Å². The third kappa shape index (κ3) is 2.75. The predicted octanol–water partition coefficient (Wildman–Crippen LogP) is 3.09. The molecule has 0 aromatic carbocycles. The molecule has 0 radical (unpaired) electrons. The van der Waals surface area contributed by atoms with E-state index in [0.29, 0.717) is 29.3 Å². The highest BCUT2D eigenvalue weighted by Crippen LogP contribution is 2.32. The minimum Gasteiger partial charge on any atom is -0.419 e. The van der Waals surface area contributed by atoms with E-state index in [0.717, 1.165) is 18.7 Å². The summed E-state index contributed by atoms with van der Waals surface area (Å²) >= 11 is 0. The van der Waals surface area contributed by atoms with Crippen molar-refractivity contribution in [1.29, 1.82) is 5.26 Å². The molecule has 0 N–H and O–H groups in total. The third-order valence-corrected chi connectivity index (χ3v) is 3.78. The van der Waals surface area contributed by atoms with Crippen LogP contribution in [0.25, 0.3) is 11.5 Å². The third-order valence-electron chi connectivity index (χ3n) is 3.78. The Morgan fingerprint density at radius 1 is 1.33 bits per heavy atom. The Kier molecular flexibility index (Phi) is 3.61. The monoisotopic (exact) mass is 282 g/mol. The lowest BCUT2D eigenvalue weighted by Crippen LogP contribution is -2.38.